The highest BCUT2D eigenvalue weighted by Gasteiger charge is 2.07. The van der Waals surface area contributed by atoms with Gasteiger partial charge in [-0.2, -0.15) is 0 Å². The van der Waals surface area contributed by atoms with Crippen molar-refractivity contribution in [3.05, 3.63) is 61.8 Å². The largest absolute Gasteiger partial charge is 0.371 e. The number of benzene rings is 1. The third kappa shape index (κ3) is 3.77. The van der Waals surface area contributed by atoms with Gasteiger partial charge in [-0.25, -0.2) is 13.6 Å². The van der Waals surface area contributed by atoms with Crippen LogP contribution >= 0.6 is 0 Å². The highest BCUT2D eigenvalue weighted by molar-refractivity contribution is 5.42. The van der Waals surface area contributed by atoms with E-state index >= 15 is 0 Å². The number of nitrogens with one attached hydrogen (secondary N) is 3. The Hall–Kier alpha value is -2.44. The molecule has 0 saturated carbocycles. The van der Waals surface area contributed by atoms with Gasteiger partial charge in [-0.15, -0.1) is 0 Å². The quantitative estimate of drug-likeness (QED) is 0.783. The second-order valence-electron chi connectivity index (χ2n) is 4.57. The predicted molar refractivity (Wildman–Crippen MR) is 75.6 cm³/mol. The Labute approximate surface area is 119 Å². The van der Waals surface area contributed by atoms with E-state index in [0.29, 0.717) is 36.3 Å². The third-order valence-electron chi connectivity index (χ3n) is 3.03. The highest BCUT2D eigenvalue weighted by Crippen LogP contribution is 2.10. The van der Waals surface area contributed by atoms with Gasteiger partial charge in [0, 0.05) is 12.6 Å². The predicted octanol–water partition coefficient (Wildman–Crippen LogP) is 1.56. The Morgan fingerprint density at radius 3 is 2.38 bits per heavy atom. The van der Waals surface area contributed by atoms with Crippen LogP contribution in [-0.4, -0.2) is 16.5 Å². The summed E-state index contributed by atoms with van der Waals surface area (Å²) < 4.78 is 26.1. The number of aromatic nitrogens is 2. The zero-order valence-corrected chi connectivity index (χ0v) is 11.4. The molecule has 0 bridgehead atoms. The van der Waals surface area contributed by atoms with Crippen molar-refractivity contribution in [2.24, 2.45) is 0 Å². The maximum Gasteiger partial charge on any atom is 0.327 e. The molecule has 3 N–H and O–H groups in total. The van der Waals surface area contributed by atoms with Crippen LogP contribution in [-0.2, 0) is 12.8 Å². The summed E-state index contributed by atoms with van der Waals surface area (Å²) in [5, 5.41) is 2.91. The molecule has 0 saturated heterocycles. The summed E-state index contributed by atoms with van der Waals surface area (Å²) in [6.45, 7) is 2.12. The monoisotopic (exact) mass is 295 g/mol. The molecule has 1 aromatic heterocycles. The first-order valence-electron chi connectivity index (χ1n) is 6.54. The minimum atomic E-state index is -0.635. The molecular weight excluding hydrogens is 280 g/mol. The first kappa shape index (κ1) is 15.0. The molecule has 21 heavy (non-hydrogen) atoms. The van der Waals surface area contributed by atoms with Gasteiger partial charge in [0.2, 0.25) is 0 Å². The molecule has 5 nitrogen and oxygen atoms in total. The van der Waals surface area contributed by atoms with E-state index in [1.807, 2.05) is 0 Å². The average molecular weight is 295 g/mol. The lowest BCUT2D eigenvalue weighted by molar-refractivity contribution is 0.580. The first-order valence-corrected chi connectivity index (χ1v) is 6.54. The number of H-pyrrole nitrogens is 2. The van der Waals surface area contributed by atoms with Crippen LogP contribution in [0.25, 0.3) is 0 Å². The van der Waals surface area contributed by atoms with Crippen LogP contribution in [0.2, 0.25) is 0 Å². The second-order valence-corrected chi connectivity index (χ2v) is 4.57. The number of aromatic amines is 2. The first-order chi connectivity index (χ1) is 9.99. The summed E-state index contributed by atoms with van der Waals surface area (Å²) in [4.78, 5) is 27.5. The molecule has 0 radical (unpaired) electrons. The Kier molecular flexibility index (Phi) is 4.52. The lowest BCUT2D eigenvalue weighted by Gasteiger charge is -2.09. The molecule has 1 heterocycles. The van der Waals surface area contributed by atoms with Crippen molar-refractivity contribution in [1.29, 1.82) is 0 Å². The molecule has 0 unspecified atom stereocenters. The Morgan fingerprint density at radius 2 is 1.76 bits per heavy atom. The van der Waals surface area contributed by atoms with Crippen molar-refractivity contribution in [3.63, 3.8) is 0 Å². The number of halogens is 2. The molecular formula is C14H15F2N3O2. The zero-order valence-electron chi connectivity index (χ0n) is 11.4. The van der Waals surface area contributed by atoms with Crippen LogP contribution in [0, 0.1) is 11.6 Å². The molecule has 0 spiro atoms. The van der Waals surface area contributed by atoms with Crippen LogP contribution < -0.4 is 16.6 Å². The van der Waals surface area contributed by atoms with Crippen molar-refractivity contribution in [3.8, 4) is 0 Å². The molecule has 0 fully saturated rings. The van der Waals surface area contributed by atoms with Crippen LogP contribution in [0.5, 0.6) is 0 Å². The van der Waals surface area contributed by atoms with Crippen molar-refractivity contribution in [1.82, 2.24) is 9.97 Å². The van der Waals surface area contributed by atoms with Crippen LogP contribution in [0.15, 0.2) is 27.8 Å². The van der Waals surface area contributed by atoms with Gasteiger partial charge in [0.15, 0.2) is 0 Å². The standard InChI is InChI=1S/C14H15F2N3O2/c1-2-11-12(18-14(21)19-13(11)20)17-4-3-8-5-9(15)7-10(16)6-8/h5-7H,2-4H2,1H3,(H3,17,18,19,20,21). The molecule has 0 atom stereocenters. The molecule has 0 amide bonds. The van der Waals surface area contributed by atoms with Gasteiger partial charge in [0.25, 0.3) is 5.56 Å². The fraction of sp³-hybridized carbons (Fsp3) is 0.286. The maximum absolute atomic E-state index is 13.0. The molecule has 0 aliphatic rings. The van der Waals surface area contributed by atoms with Gasteiger partial charge in [-0.3, -0.25) is 14.8 Å². The molecule has 0 aliphatic heterocycles. The Bertz CT molecular complexity index is 732. The van der Waals surface area contributed by atoms with Crippen LogP contribution in [0.3, 0.4) is 0 Å². The Balaban J connectivity index is 2.10. The smallest absolute Gasteiger partial charge is 0.327 e. The van der Waals surface area contributed by atoms with E-state index in [4.69, 9.17) is 0 Å². The second kappa shape index (κ2) is 6.34. The Morgan fingerprint density at radius 1 is 1.10 bits per heavy atom. The SMILES string of the molecule is CCc1c(NCCc2cc(F)cc(F)c2)[nH]c(=O)[nH]c1=O. The number of hydrogen-bond donors (Lipinski definition) is 3. The van der Waals surface area contributed by atoms with E-state index in [1.165, 1.54) is 12.1 Å². The van der Waals surface area contributed by atoms with E-state index in [1.54, 1.807) is 6.92 Å². The van der Waals surface area contributed by atoms with E-state index in [2.05, 4.69) is 15.3 Å². The fourth-order valence-electron chi connectivity index (χ4n) is 2.09. The summed E-state index contributed by atoms with van der Waals surface area (Å²) >= 11 is 0. The molecule has 2 aromatic rings. The summed E-state index contributed by atoms with van der Waals surface area (Å²) in [6, 6.07) is 3.29. The van der Waals surface area contributed by atoms with Crippen LogP contribution in [0.4, 0.5) is 14.6 Å². The fourth-order valence-corrected chi connectivity index (χ4v) is 2.09. The highest BCUT2D eigenvalue weighted by atomic mass is 19.1. The summed E-state index contributed by atoms with van der Waals surface area (Å²) in [5.74, 6) is -0.934. The third-order valence-corrected chi connectivity index (χ3v) is 3.03. The molecule has 0 aliphatic carbocycles. The normalized spacial score (nSPS) is 10.6. The maximum atomic E-state index is 13.0. The lowest BCUT2D eigenvalue weighted by atomic mass is 10.1. The number of rotatable bonds is 5. The van der Waals surface area contributed by atoms with Crippen molar-refractivity contribution in [2.45, 2.75) is 19.8 Å². The minimum absolute atomic E-state index is 0.329. The topological polar surface area (TPSA) is 77.8 Å². The summed E-state index contributed by atoms with van der Waals surface area (Å²) in [6.07, 6.45) is 0.801. The van der Waals surface area contributed by atoms with Gasteiger partial charge in [0.05, 0.1) is 5.56 Å². The molecule has 7 heteroatoms. The number of hydrogen-bond acceptors (Lipinski definition) is 3. The molecule has 1 aromatic carbocycles. The van der Waals surface area contributed by atoms with E-state index in [0.717, 1.165) is 6.07 Å². The van der Waals surface area contributed by atoms with E-state index < -0.39 is 22.9 Å². The van der Waals surface area contributed by atoms with Crippen LogP contribution in [0.1, 0.15) is 18.1 Å². The van der Waals surface area contributed by atoms with Gasteiger partial charge in [-0.1, -0.05) is 6.92 Å². The van der Waals surface area contributed by atoms with Crippen molar-refractivity contribution >= 4 is 5.82 Å². The van der Waals surface area contributed by atoms with Gasteiger partial charge < -0.3 is 5.32 Å². The molecule has 2 rings (SSSR count). The number of anilines is 1. The van der Waals surface area contributed by atoms with E-state index in [-0.39, 0.29) is 0 Å². The molecule has 112 valence electrons. The van der Waals surface area contributed by atoms with Gasteiger partial charge in [-0.05, 0) is 30.5 Å². The van der Waals surface area contributed by atoms with Gasteiger partial charge >= 0.3 is 5.69 Å². The lowest BCUT2D eigenvalue weighted by Crippen LogP contribution is -2.28. The summed E-state index contributed by atoms with van der Waals surface area (Å²) in [7, 11) is 0. The van der Waals surface area contributed by atoms with E-state index in [9.17, 15) is 18.4 Å². The van der Waals surface area contributed by atoms with Gasteiger partial charge in [0.1, 0.15) is 17.5 Å². The van der Waals surface area contributed by atoms with Crippen molar-refractivity contribution in [2.75, 3.05) is 11.9 Å². The zero-order chi connectivity index (χ0) is 15.4. The minimum Gasteiger partial charge on any atom is -0.371 e. The average Bonchev–Trinajstić information content (AvgIpc) is 2.37. The van der Waals surface area contributed by atoms with Crippen molar-refractivity contribution < 1.29 is 8.78 Å². The summed E-state index contributed by atoms with van der Waals surface area (Å²) in [5.41, 5.74) is -0.123.